The van der Waals surface area contributed by atoms with Crippen molar-refractivity contribution in [3.63, 3.8) is 0 Å². The highest BCUT2D eigenvalue weighted by molar-refractivity contribution is 9.10. The Morgan fingerprint density at radius 2 is 1.88 bits per heavy atom. The molecule has 2 rings (SSSR count). The number of aliphatic hydroxyl groups excluding tert-OH is 1. The van der Waals surface area contributed by atoms with E-state index >= 15 is 0 Å². The van der Waals surface area contributed by atoms with Crippen molar-refractivity contribution >= 4 is 15.9 Å². The topological polar surface area (TPSA) is 50.7 Å². The molecule has 0 saturated heterocycles. The van der Waals surface area contributed by atoms with Crippen molar-refractivity contribution in [3.05, 3.63) is 57.8 Å². The van der Waals surface area contributed by atoms with Gasteiger partial charge in [-0.25, -0.2) is 4.39 Å². The molecular weight excluding hydrogens is 389 g/mol. The Bertz CT molecular complexity index is 677. The molecule has 0 unspecified atom stereocenters. The molecule has 0 bridgehead atoms. The summed E-state index contributed by atoms with van der Waals surface area (Å²) in [5, 5.41) is 12.5. The summed E-state index contributed by atoms with van der Waals surface area (Å²) in [6.07, 6.45) is -0.395. The molecule has 0 saturated carbocycles. The maximum absolute atomic E-state index is 13.0. The van der Waals surface area contributed by atoms with E-state index in [-0.39, 0.29) is 5.82 Å². The lowest BCUT2D eigenvalue weighted by Gasteiger charge is -2.16. The molecule has 0 amide bonds. The molecule has 0 spiro atoms. The number of aliphatic hydroxyl groups is 1. The van der Waals surface area contributed by atoms with Gasteiger partial charge in [0.25, 0.3) is 0 Å². The Morgan fingerprint density at radius 1 is 1.16 bits per heavy atom. The number of hydrogen-bond donors (Lipinski definition) is 2. The first-order valence-electron chi connectivity index (χ1n) is 8.20. The number of ether oxygens (including phenoxy) is 2. The second-order valence-electron chi connectivity index (χ2n) is 5.73. The van der Waals surface area contributed by atoms with E-state index < -0.39 is 6.10 Å². The first kappa shape index (κ1) is 19.7. The molecule has 6 heteroatoms. The van der Waals surface area contributed by atoms with Gasteiger partial charge >= 0.3 is 0 Å². The minimum Gasteiger partial charge on any atom is -0.490 e. The van der Waals surface area contributed by atoms with E-state index in [2.05, 4.69) is 21.2 Å². The molecule has 0 aliphatic carbocycles. The van der Waals surface area contributed by atoms with Crippen LogP contribution >= 0.6 is 15.9 Å². The molecule has 0 radical (unpaired) electrons. The Labute approximate surface area is 156 Å². The summed E-state index contributed by atoms with van der Waals surface area (Å²) in [6.45, 7) is 5.62. The predicted molar refractivity (Wildman–Crippen MR) is 99.4 cm³/mol. The second kappa shape index (κ2) is 9.75. The minimum absolute atomic E-state index is 0.269. The van der Waals surface area contributed by atoms with Crippen molar-refractivity contribution < 1.29 is 19.0 Å². The highest BCUT2D eigenvalue weighted by Gasteiger charge is 2.13. The van der Waals surface area contributed by atoms with Crippen LogP contribution in [0.4, 0.5) is 4.39 Å². The molecule has 0 aromatic heterocycles. The van der Waals surface area contributed by atoms with Crippen LogP contribution in [-0.4, -0.2) is 24.4 Å². The Balaban J connectivity index is 2.11. The standard InChI is InChI=1S/C19H23BrFNO3/c1-3-24-18-9-15(11-22-10-13(2)23)8-17(20)19(18)25-12-14-4-6-16(21)7-5-14/h4-9,13,22-23H,3,10-12H2,1-2H3/t13-/m0/s1. The van der Waals surface area contributed by atoms with Crippen LogP contribution in [0.3, 0.4) is 0 Å². The third-order valence-electron chi connectivity index (χ3n) is 3.43. The lowest BCUT2D eigenvalue weighted by molar-refractivity contribution is 0.191. The quantitative estimate of drug-likeness (QED) is 0.653. The van der Waals surface area contributed by atoms with Gasteiger partial charge in [0, 0.05) is 13.1 Å². The molecule has 136 valence electrons. The van der Waals surface area contributed by atoms with E-state index in [1.54, 1.807) is 19.1 Å². The van der Waals surface area contributed by atoms with Gasteiger partial charge < -0.3 is 19.9 Å². The zero-order chi connectivity index (χ0) is 18.2. The largest absolute Gasteiger partial charge is 0.490 e. The number of halogens is 2. The number of nitrogens with one attached hydrogen (secondary N) is 1. The van der Waals surface area contributed by atoms with E-state index in [1.807, 2.05) is 19.1 Å². The summed E-state index contributed by atoms with van der Waals surface area (Å²) in [6, 6.07) is 10.1. The van der Waals surface area contributed by atoms with Gasteiger partial charge in [-0.2, -0.15) is 0 Å². The van der Waals surface area contributed by atoms with Gasteiger partial charge in [0.2, 0.25) is 0 Å². The van der Waals surface area contributed by atoms with E-state index in [0.29, 0.717) is 37.8 Å². The van der Waals surface area contributed by atoms with Gasteiger partial charge in [0.15, 0.2) is 11.5 Å². The molecular formula is C19H23BrFNO3. The molecule has 2 N–H and O–H groups in total. The van der Waals surface area contributed by atoms with Crippen LogP contribution in [0.5, 0.6) is 11.5 Å². The lowest BCUT2D eigenvalue weighted by atomic mass is 10.2. The molecule has 2 aromatic rings. The summed E-state index contributed by atoms with van der Waals surface area (Å²) in [7, 11) is 0. The molecule has 0 aliphatic heterocycles. The van der Waals surface area contributed by atoms with Crippen LogP contribution in [0.2, 0.25) is 0 Å². The second-order valence-corrected chi connectivity index (χ2v) is 6.59. The fourth-order valence-electron chi connectivity index (χ4n) is 2.29. The summed E-state index contributed by atoms with van der Waals surface area (Å²) in [4.78, 5) is 0. The molecule has 4 nitrogen and oxygen atoms in total. The van der Waals surface area contributed by atoms with E-state index in [9.17, 15) is 9.50 Å². The third-order valence-corrected chi connectivity index (χ3v) is 4.02. The molecule has 0 fully saturated rings. The van der Waals surface area contributed by atoms with Crippen molar-refractivity contribution in [2.75, 3.05) is 13.2 Å². The van der Waals surface area contributed by atoms with Gasteiger partial charge in [-0.3, -0.25) is 0 Å². The Kier molecular flexibility index (Phi) is 7.68. The van der Waals surface area contributed by atoms with Crippen LogP contribution in [0.15, 0.2) is 40.9 Å². The van der Waals surface area contributed by atoms with E-state index in [1.165, 1.54) is 12.1 Å². The smallest absolute Gasteiger partial charge is 0.175 e. The summed E-state index contributed by atoms with van der Waals surface area (Å²) < 4.78 is 25.4. The lowest BCUT2D eigenvalue weighted by Crippen LogP contribution is -2.23. The molecule has 25 heavy (non-hydrogen) atoms. The third kappa shape index (κ3) is 6.30. The van der Waals surface area contributed by atoms with Crippen LogP contribution in [0.1, 0.15) is 25.0 Å². The van der Waals surface area contributed by atoms with Crippen molar-refractivity contribution in [2.45, 2.75) is 33.1 Å². The van der Waals surface area contributed by atoms with Crippen LogP contribution in [0.25, 0.3) is 0 Å². The van der Waals surface area contributed by atoms with Gasteiger partial charge in [-0.05, 0) is 65.2 Å². The summed E-state index contributed by atoms with van der Waals surface area (Å²) in [5.41, 5.74) is 1.89. The normalized spacial score (nSPS) is 12.0. The predicted octanol–water partition coefficient (Wildman–Crippen LogP) is 4.04. The fraction of sp³-hybridized carbons (Fsp3) is 0.368. The molecule has 2 aromatic carbocycles. The first-order chi connectivity index (χ1) is 12.0. The molecule has 1 atom stereocenters. The van der Waals surface area contributed by atoms with Crippen molar-refractivity contribution in [2.24, 2.45) is 0 Å². The highest BCUT2D eigenvalue weighted by atomic mass is 79.9. The highest BCUT2D eigenvalue weighted by Crippen LogP contribution is 2.37. The maximum Gasteiger partial charge on any atom is 0.175 e. The number of benzene rings is 2. The first-order valence-corrected chi connectivity index (χ1v) is 9.00. The van der Waals surface area contributed by atoms with Crippen molar-refractivity contribution in [1.82, 2.24) is 5.32 Å². The number of hydrogen-bond acceptors (Lipinski definition) is 4. The van der Waals surface area contributed by atoms with E-state index in [4.69, 9.17) is 9.47 Å². The fourth-order valence-corrected chi connectivity index (χ4v) is 2.89. The average molecular weight is 412 g/mol. The van der Waals surface area contributed by atoms with Gasteiger partial charge in [-0.1, -0.05) is 12.1 Å². The van der Waals surface area contributed by atoms with Gasteiger partial charge in [0.1, 0.15) is 12.4 Å². The summed E-state index contributed by atoms with van der Waals surface area (Å²) in [5.74, 6) is 0.993. The van der Waals surface area contributed by atoms with Crippen LogP contribution < -0.4 is 14.8 Å². The van der Waals surface area contributed by atoms with Crippen LogP contribution in [0, 0.1) is 5.82 Å². The number of rotatable bonds is 9. The Hall–Kier alpha value is -1.63. The average Bonchev–Trinajstić information content (AvgIpc) is 2.55. The molecule has 0 aliphatic rings. The molecule has 0 heterocycles. The monoisotopic (exact) mass is 411 g/mol. The van der Waals surface area contributed by atoms with Crippen molar-refractivity contribution in [1.29, 1.82) is 0 Å². The summed E-state index contributed by atoms with van der Waals surface area (Å²) >= 11 is 3.53. The Morgan fingerprint density at radius 3 is 2.52 bits per heavy atom. The maximum atomic E-state index is 13.0. The van der Waals surface area contributed by atoms with Gasteiger partial charge in [-0.15, -0.1) is 0 Å². The minimum atomic E-state index is -0.395. The zero-order valence-electron chi connectivity index (χ0n) is 14.4. The van der Waals surface area contributed by atoms with E-state index in [0.717, 1.165) is 15.6 Å². The van der Waals surface area contributed by atoms with Crippen molar-refractivity contribution in [3.8, 4) is 11.5 Å². The SMILES string of the molecule is CCOc1cc(CNC[C@H](C)O)cc(Br)c1OCc1ccc(F)cc1. The van der Waals surface area contributed by atoms with Gasteiger partial charge in [0.05, 0.1) is 17.2 Å². The van der Waals surface area contributed by atoms with Crippen LogP contribution in [-0.2, 0) is 13.2 Å². The zero-order valence-corrected chi connectivity index (χ0v) is 16.0.